The monoisotopic (exact) mass is 206 g/mol. The maximum Gasteiger partial charge on any atom is 0.175 e. The smallest absolute Gasteiger partial charge is 0.175 e. The Morgan fingerprint density at radius 1 is 1.29 bits per heavy atom. The molecule has 0 atom stereocenters. The first-order valence-electron chi connectivity index (χ1n) is 5.01. The van der Waals surface area contributed by atoms with E-state index in [9.17, 15) is 0 Å². The van der Waals surface area contributed by atoms with Crippen molar-refractivity contribution in [3.8, 4) is 0 Å². The van der Waals surface area contributed by atoms with Crippen molar-refractivity contribution in [1.29, 1.82) is 0 Å². The highest BCUT2D eigenvalue weighted by molar-refractivity contribution is 7.71. The largest absolute Gasteiger partial charge is 0.331 e. The summed E-state index contributed by atoms with van der Waals surface area (Å²) in [7, 11) is 0. The molecule has 0 aliphatic rings. The maximum absolute atomic E-state index is 5.07. The molecule has 0 saturated heterocycles. The summed E-state index contributed by atoms with van der Waals surface area (Å²) < 4.78 is 0.712. The molecule has 0 unspecified atom stereocenters. The van der Waals surface area contributed by atoms with Gasteiger partial charge in [0.15, 0.2) is 4.77 Å². The van der Waals surface area contributed by atoms with E-state index in [1.165, 1.54) is 23.9 Å². The third-order valence-corrected chi connectivity index (χ3v) is 2.64. The third kappa shape index (κ3) is 1.73. The molecule has 0 amide bonds. The molecular weight excluding hydrogens is 192 g/mol. The lowest BCUT2D eigenvalue weighted by Crippen LogP contribution is -1.86. The van der Waals surface area contributed by atoms with Crippen LogP contribution < -0.4 is 0 Å². The molecule has 0 saturated carbocycles. The predicted molar refractivity (Wildman–Crippen MR) is 62.1 cm³/mol. The number of aromatic nitrogens is 2. The number of aromatic amines is 2. The van der Waals surface area contributed by atoms with Crippen molar-refractivity contribution in [1.82, 2.24) is 9.97 Å². The summed E-state index contributed by atoms with van der Waals surface area (Å²) >= 11 is 5.07. The van der Waals surface area contributed by atoms with Crippen LogP contribution in [0.15, 0.2) is 18.2 Å². The van der Waals surface area contributed by atoms with Crippen LogP contribution in [0.25, 0.3) is 11.0 Å². The van der Waals surface area contributed by atoms with E-state index >= 15 is 0 Å². The standard InChI is InChI=1S/C11H14N2S/c1-2-3-5-8-6-4-7-9-10(8)13-11(14)12-9/h4,6-7H,2-3,5H2,1H3,(H2,12,13,14). The van der Waals surface area contributed by atoms with E-state index in [2.05, 4.69) is 35.1 Å². The fraction of sp³-hybridized carbons (Fsp3) is 0.364. The average molecular weight is 206 g/mol. The summed E-state index contributed by atoms with van der Waals surface area (Å²) in [5, 5.41) is 0. The summed E-state index contributed by atoms with van der Waals surface area (Å²) in [5.74, 6) is 0. The molecule has 0 aliphatic carbocycles. The molecule has 2 nitrogen and oxygen atoms in total. The minimum atomic E-state index is 0.712. The van der Waals surface area contributed by atoms with Crippen LogP contribution >= 0.6 is 12.2 Å². The number of imidazole rings is 1. The number of hydrogen-bond acceptors (Lipinski definition) is 1. The number of fused-ring (bicyclic) bond motifs is 1. The molecule has 3 heteroatoms. The summed E-state index contributed by atoms with van der Waals surface area (Å²) in [4.78, 5) is 6.33. The molecule has 2 rings (SSSR count). The van der Waals surface area contributed by atoms with Crippen LogP contribution in [-0.2, 0) is 6.42 Å². The van der Waals surface area contributed by atoms with Crippen molar-refractivity contribution >= 4 is 23.3 Å². The van der Waals surface area contributed by atoms with Crippen molar-refractivity contribution in [2.45, 2.75) is 26.2 Å². The quantitative estimate of drug-likeness (QED) is 0.739. The topological polar surface area (TPSA) is 31.6 Å². The van der Waals surface area contributed by atoms with E-state index in [4.69, 9.17) is 12.2 Å². The molecule has 1 aromatic carbocycles. The second kappa shape index (κ2) is 3.96. The van der Waals surface area contributed by atoms with Crippen molar-refractivity contribution < 1.29 is 0 Å². The fourth-order valence-electron chi connectivity index (χ4n) is 1.69. The van der Waals surface area contributed by atoms with Gasteiger partial charge in [-0.05, 0) is 36.7 Å². The summed E-state index contributed by atoms with van der Waals surface area (Å²) in [6.07, 6.45) is 3.57. The van der Waals surface area contributed by atoms with Crippen molar-refractivity contribution in [2.24, 2.45) is 0 Å². The summed E-state index contributed by atoms with van der Waals surface area (Å²) in [6.45, 7) is 2.21. The number of rotatable bonds is 3. The van der Waals surface area contributed by atoms with Gasteiger partial charge in [-0.2, -0.15) is 0 Å². The van der Waals surface area contributed by atoms with Gasteiger partial charge >= 0.3 is 0 Å². The van der Waals surface area contributed by atoms with Gasteiger partial charge in [0.25, 0.3) is 0 Å². The molecule has 2 N–H and O–H groups in total. The summed E-state index contributed by atoms with van der Waals surface area (Å²) in [5.41, 5.74) is 3.64. The molecule has 74 valence electrons. The van der Waals surface area contributed by atoms with Crippen LogP contribution in [0.2, 0.25) is 0 Å². The molecule has 0 fully saturated rings. The molecule has 0 bridgehead atoms. The van der Waals surface area contributed by atoms with Crippen LogP contribution in [-0.4, -0.2) is 9.97 Å². The highest BCUT2D eigenvalue weighted by Crippen LogP contribution is 2.17. The number of nitrogens with one attached hydrogen (secondary N) is 2. The zero-order valence-corrected chi connectivity index (χ0v) is 9.08. The first-order chi connectivity index (χ1) is 6.81. The third-order valence-electron chi connectivity index (χ3n) is 2.44. The second-order valence-corrected chi connectivity index (χ2v) is 3.93. The number of aryl methyl sites for hydroxylation is 1. The van der Waals surface area contributed by atoms with Crippen molar-refractivity contribution in [3.63, 3.8) is 0 Å². The average Bonchev–Trinajstić information content (AvgIpc) is 2.55. The van der Waals surface area contributed by atoms with E-state index in [1.807, 2.05) is 0 Å². The lowest BCUT2D eigenvalue weighted by molar-refractivity contribution is 0.798. The highest BCUT2D eigenvalue weighted by atomic mass is 32.1. The first-order valence-corrected chi connectivity index (χ1v) is 5.42. The molecule has 0 spiro atoms. The summed E-state index contributed by atoms with van der Waals surface area (Å²) in [6, 6.07) is 6.29. The van der Waals surface area contributed by atoms with E-state index in [0.29, 0.717) is 4.77 Å². The molecule has 1 aromatic heterocycles. The number of hydrogen-bond donors (Lipinski definition) is 2. The number of unbranched alkanes of at least 4 members (excludes halogenated alkanes) is 1. The molecule has 0 aliphatic heterocycles. The van der Waals surface area contributed by atoms with Gasteiger partial charge in [0.1, 0.15) is 0 Å². The molecule has 0 radical (unpaired) electrons. The lowest BCUT2D eigenvalue weighted by atomic mass is 10.1. The number of para-hydroxylation sites is 1. The van der Waals surface area contributed by atoms with E-state index in [1.54, 1.807) is 0 Å². The molecule has 2 aromatic rings. The van der Waals surface area contributed by atoms with Gasteiger partial charge in [-0.25, -0.2) is 0 Å². The van der Waals surface area contributed by atoms with Gasteiger partial charge in [0, 0.05) is 0 Å². The molecule has 1 heterocycles. The Kier molecular flexibility index (Phi) is 2.68. The van der Waals surface area contributed by atoms with Crippen molar-refractivity contribution in [3.05, 3.63) is 28.5 Å². The highest BCUT2D eigenvalue weighted by Gasteiger charge is 2.01. The van der Waals surface area contributed by atoms with Crippen LogP contribution in [0.1, 0.15) is 25.3 Å². The Hall–Kier alpha value is -1.09. The Bertz CT molecular complexity index is 481. The van der Waals surface area contributed by atoms with Crippen LogP contribution in [0, 0.1) is 4.77 Å². The lowest BCUT2D eigenvalue weighted by Gasteiger charge is -2.00. The fourth-order valence-corrected chi connectivity index (χ4v) is 1.91. The van der Waals surface area contributed by atoms with Gasteiger partial charge < -0.3 is 9.97 Å². The number of benzene rings is 1. The Labute approximate surface area is 88.4 Å². The van der Waals surface area contributed by atoms with E-state index < -0.39 is 0 Å². The minimum Gasteiger partial charge on any atom is -0.331 e. The van der Waals surface area contributed by atoms with E-state index in [0.717, 1.165) is 11.9 Å². The zero-order chi connectivity index (χ0) is 9.97. The van der Waals surface area contributed by atoms with Gasteiger partial charge in [-0.15, -0.1) is 0 Å². The normalized spacial score (nSPS) is 10.9. The van der Waals surface area contributed by atoms with E-state index in [-0.39, 0.29) is 0 Å². The zero-order valence-electron chi connectivity index (χ0n) is 8.26. The predicted octanol–water partition coefficient (Wildman–Crippen LogP) is 3.57. The van der Waals surface area contributed by atoms with Gasteiger partial charge in [0.05, 0.1) is 11.0 Å². The van der Waals surface area contributed by atoms with Crippen molar-refractivity contribution in [2.75, 3.05) is 0 Å². The molecular formula is C11H14N2S. The maximum atomic E-state index is 5.07. The van der Waals surface area contributed by atoms with Gasteiger partial charge in [-0.1, -0.05) is 25.5 Å². The minimum absolute atomic E-state index is 0.712. The Morgan fingerprint density at radius 2 is 2.14 bits per heavy atom. The van der Waals surface area contributed by atoms with Gasteiger partial charge in [-0.3, -0.25) is 0 Å². The Balaban J connectivity index is 2.47. The SMILES string of the molecule is CCCCc1cccc2[nH]c(=S)[nH]c12. The first kappa shape index (κ1) is 9.46. The van der Waals surface area contributed by atoms with Crippen LogP contribution in [0.3, 0.4) is 0 Å². The van der Waals surface area contributed by atoms with Crippen LogP contribution in [0.5, 0.6) is 0 Å². The second-order valence-electron chi connectivity index (χ2n) is 3.52. The Morgan fingerprint density at radius 3 is 2.93 bits per heavy atom. The number of H-pyrrole nitrogens is 2. The van der Waals surface area contributed by atoms with Crippen LogP contribution in [0.4, 0.5) is 0 Å². The van der Waals surface area contributed by atoms with Gasteiger partial charge in [0.2, 0.25) is 0 Å². The molecule has 14 heavy (non-hydrogen) atoms.